The second-order valence-corrected chi connectivity index (χ2v) is 8.80. The number of hydrogen-bond acceptors (Lipinski definition) is 4. The summed E-state index contributed by atoms with van der Waals surface area (Å²) >= 11 is 0. The summed E-state index contributed by atoms with van der Waals surface area (Å²) in [5.74, 6) is 1.05. The van der Waals surface area contributed by atoms with Gasteiger partial charge in [0.2, 0.25) is 5.91 Å². The fraction of sp³-hybridized carbons (Fsp3) is 0.480. The Bertz CT molecular complexity index is 831. The molecule has 2 aliphatic heterocycles. The maximum absolute atomic E-state index is 13.1. The lowest BCUT2D eigenvalue weighted by atomic mass is 9.84. The van der Waals surface area contributed by atoms with Crippen molar-refractivity contribution in [1.29, 1.82) is 0 Å². The van der Waals surface area contributed by atoms with Crippen molar-refractivity contribution in [2.75, 3.05) is 26.7 Å². The van der Waals surface area contributed by atoms with E-state index >= 15 is 0 Å². The molecule has 0 saturated carbocycles. The molecule has 30 heavy (non-hydrogen) atoms. The van der Waals surface area contributed by atoms with E-state index in [0.717, 1.165) is 57.7 Å². The van der Waals surface area contributed by atoms with Crippen LogP contribution in [-0.2, 0) is 17.9 Å². The largest absolute Gasteiger partial charge is 0.497 e. The molecule has 2 aromatic rings. The number of amides is 1. The van der Waals surface area contributed by atoms with Gasteiger partial charge in [-0.3, -0.25) is 14.6 Å². The number of hydrogen-bond donors (Lipinski definition) is 1. The number of methoxy groups -OCH3 is 1. The summed E-state index contributed by atoms with van der Waals surface area (Å²) in [6.45, 7) is 6.90. The molecule has 1 unspecified atom stereocenters. The molecule has 0 aliphatic carbocycles. The van der Waals surface area contributed by atoms with Crippen molar-refractivity contribution in [3.05, 3.63) is 65.7 Å². The highest BCUT2D eigenvalue weighted by atomic mass is 16.5. The summed E-state index contributed by atoms with van der Waals surface area (Å²) < 4.78 is 5.24. The van der Waals surface area contributed by atoms with Crippen LogP contribution < -0.4 is 10.1 Å². The summed E-state index contributed by atoms with van der Waals surface area (Å²) in [4.78, 5) is 17.9. The Labute approximate surface area is 180 Å². The molecule has 160 valence electrons. The molecule has 1 amide bonds. The first-order valence-electron chi connectivity index (χ1n) is 11.0. The lowest BCUT2D eigenvalue weighted by Crippen LogP contribution is -2.66. The van der Waals surface area contributed by atoms with E-state index in [0.29, 0.717) is 0 Å². The number of likely N-dealkylation sites (tertiary alicyclic amines) is 2. The fourth-order valence-electron chi connectivity index (χ4n) is 4.49. The maximum Gasteiger partial charge on any atom is 0.240 e. The third kappa shape index (κ3) is 4.68. The molecular formula is C25H33N3O2. The van der Waals surface area contributed by atoms with Crippen LogP contribution in [0.5, 0.6) is 5.75 Å². The van der Waals surface area contributed by atoms with Crippen LogP contribution >= 0.6 is 0 Å². The molecule has 1 N–H and O–H groups in total. The molecule has 2 fully saturated rings. The summed E-state index contributed by atoms with van der Waals surface area (Å²) in [5, 5.41) is 3.35. The Hall–Kier alpha value is -2.37. The molecule has 0 spiro atoms. The number of carbonyl (C=O) groups excluding carboxylic acids is 1. The van der Waals surface area contributed by atoms with Crippen molar-refractivity contribution in [1.82, 2.24) is 15.1 Å². The minimum Gasteiger partial charge on any atom is -0.497 e. The van der Waals surface area contributed by atoms with Gasteiger partial charge in [0.1, 0.15) is 5.75 Å². The minimum atomic E-state index is -0.402. The number of nitrogens with zero attached hydrogens (tertiary/aromatic N) is 2. The fourth-order valence-corrected chi connectivity index (χ4v) is 4.49. The molecule has 2 saturated heterocycles. The molecule has 4 rings (SSSR count). The third-order valence-corrected chi connectivity index (χ3v) is 6.76. The van der Waals surface area contributed by atoms with Crippen LogP contribution in [0.15, 0.2) is 54.6 Å². The van der Waals surface area contributed by atoms with Crippen molar-refractivity contribution < 1.29 is 9.53 Å². The minimum absolute atomic E-state index is 0.184. The zero-order chi connectivity index (χ0) is 21.0. The van der Waals surface area contributed by atoms with E-state index in [-0.39, 0.29) is 11.9 Å². The topological polar surface area (TPSA) is 44.8 Å². The Morgan fingerprint density at radius 2 is 1.67 bits per heavy atom. The average Bonchev–Trinajstić information content (AvgIpc) is 2.78. The van der Waals surface area contributed by atoms with Crippen LogP contribution in [0, 0.1) is 0 Å². The zero-order valence-corrected chi connectivity index (χ0v) is 18.1. The molecule has 0 aromatic heterocycles. The van der Waals surface area contributed by atoms with Crippen LogP contribution in [-0.4, -0.2) is 54.0 Å². The van der Waals surface area contributed by atoms with Gasteiger partial charge in [-0.15, -0.1) is 0 Å². The molecule has 0 radical (unpaired) electrons. The molecule has 5 nitrogen and oxygen atoms in total. The first-order chi connectivity index (χ1) is 14.6. The number of rotatable bonds is 7. The van der Waals surface area contributed by atoms with Gasteiger partial charge in [-0.25, -0.2) is 0 Å². The van der Waals surface area contributed by atoms with Crippen LogP contribution in [0.4, 0.5) is 0 Å². The summed E-state index contributed by atoms with van der Waals surface area (Å²) in [6.07, 6.45) is 2.96. The smallest absolute Gasteiger partial charge is 0.240 e. The van der Waals surface area contributed by atoms with Gasteiger partial charge in [0.05, 0.1) is 12.6 Å². The highest BCUT2D eigenvalue weighted by molar-refractivity contribution is 5.87. The van der Waals surface area contributed by atoms with Crippen molar-refractivity contribution in [2.24, 2.45) is 0 Å². The molecule has 2 aliphatic rings. The van der Waals surface area contributed by atoms with E-state index in [1.807, 2.05) is 12.1 Å². The number of piperidine rings is 1. The van der Waals surface area contributed by atoms with Gasteiger partial charge in [0.15, 0.2) is 0 Å². The highest BCUT2D eigenvalue weighted by Crippen LogP contribution is 2.33. The molecule has 0 bridgehead atoms. The first kappa shape index (κ1) is 20.9. The standard InChI is InChI=1S/C25H33N3O2/c1-25(14-17-28(25)19-21-8-10-23(30-2)11-9-21)24(29)26-22-12-15-27(16-13-22)18-20-6-4-3-5-7-20/h3-11,22H,12-19H2,1-2H3,(H,26,29). The van der Waals surface area contributed by atoms with Crippen LogP contribution in [0.2, 0.25) is 0 Å². The monoisotopic (exact) mass is 407 g/mol. The van der Waals surface area contributed by atoms with Gasteiger partial charge >= 0.3 is 0 Å². The first-order valence-corrected chi connectivity index (χ1v) is 11.0. The van der Waals surface area contributed by atoms with Crippen LogP contribution in [0.25, 0.3) is 0 Å². The highest BCUT2D eigenvalue weighted by Gasteiger charge is 2.47. The summed E-state index contributed by atoms with van der Waals surface area (Å²) in [5.41, 5.74) is 2.17. The second-order valence-electron chi connectivity index (χ2n) is 8.80. The Morgan fingerprint density at radius 3 is 2.27 bits per heavy atom. The predicted molar refractivity (Wildman–Crippen MR) is 119 cm³/mol. The van der Waals surface area contributed by atoms with Crippen molar-refractivity contribution >= 4 is 5.91 Å². The summed E-state index contributed by atoms with van der Waals surface area (Å²) in [6, 6.07) is 19.0. The molecule has 2 heterocycles. The van der Waals surface area contributed by atoms with Crippen LogP contribution in [0.1, 0.15) is 37.3 Å². The summed E-state index contributed by atoms with van der Waals surface area (Å²) in [7, 11) is 1.68. The van der Waals surface area contributed by atoms with Gasteiger partial charge in [0.25, 0.3) is 0 Å². The van der Waals surface area contributed by atoms with Crippen LogP contribution in [0.3, 0.4) is 0 Å². The van der Waals surface area contributed by atoms with Crippen molar-refractivity contribution in [2.45, 2.75) is 50.9 Å². The lowest BCUT2D eigenvalue weighted by molar-refractivity contribution is -0.143. The van der Waals surface area contributed by atoms with Gasteiger partial charge < -0.3 is 10.1 Å². The quantitative estimate of drug-likeness (QED) is 0.764. The van der Waals surface area contributed by atoms with Gasteiger partial charge in [-0.1, -0.05) is 42.5 Å². The SMILES string of the molecule is COc1ccc(CN2CCC2(C)C(=O)NC2CCN(Cc3ccccc3)CC2)cc1. The number of ether oxygens (including phenoxy) is 1. The maximum atomic E-state index is 13.1. The van der Waals surface area contributed by atoms with E-state index < -0.39 is 5.54 Å². The van der Waals surface area contributed by atoms with Crippen molar-refractivity contribution in [3.63, 3.8) is 0 Å². The Morgan fingerprint density at radius 1 is 1.00 bits per heavy atom. The lowest BCUT2D eigenvalue weighted by Gasteiger charge is -2.50. The molecule has 1 atom stereocenters. The number of nitrogens with one attached hydrogen (secondary N) is 1. The molecular weight excluding hydrogens is 374 g/mol. The van der Waals surface area contributed by atoms with E-state index in [1.165, 1.54) is 11.1 Å². The van der Waals surface area contributed by atoms with E-state index in [2.05, 4.69) is 64.5 Å². The number of benzene rings is 2. The molecule has 2 aromatic carbocycles. The predicted octanol–water partition coefficient (Wildman–Crippen LogP) is 3.44. The average molecular weight is 408 g/mol. The van der Waals surface area contributed by atoms with E-state index in [1.54, 1.807) is 7.11 Å². The van der Waals surface area contributed by atoms with E-state index in [4.69, 9.17) is 4.74 Å². The van der Waals surface area contributed by atoms with Crippen molar-refractivity contribution in [3.8, 4) is 5.75 Å². The second kappa shape index (κ2) is 9.19. The number of carbonyl (C=O) groups is 1. The Kier molecular flexibility index (Phi) is 6.40. The van der Waals surface area contributed by atoms with Gasteiger partial charge in [0, 0.05) is 38.8 Å². The molecule has 5 heteroatoms. The van der Waals surface area contributed by atoms with Gasteiger partial charge in [-0.2, -0.15) is 0 Å². The van der Waals surface area contributed by atoms with Gasteiger partial charge in [-0.05, 0) is 49.4 Å². The normalized spacial score (nSPS) is 23.0. The Balaban J connectivity index is 1.26. The zero-order valence-electron chi connectivity index (χ0n) is 18.1. The van der Waals surface area contributed by atoms with E-state index in [9.17, 15) is 4.79 Å². The third-order valence-electron chi connectivity index (χ3n) is 6.76.